The van der Waals surface area contributed by atoms with Crippen molar-refractivity contribution in [3.8, 4) is 17.2 Å². The molecule has 40 heavy (non-hydrogen) atoms. The summed E-state index contributed by atoms with van der Waals surface area (Å²) in [6.45, 7) is 6.42. The second-order valence-electron chi connectivity index (χ2n) is 9.00. The Balaban J connectivity index is 1.52. The van der Waals surface area contributed by atoms with Gasteiger partial charge in [0, 0.05) is 55.8 Å². The van der Waals surface area contributed by atoms with E-state index in [1.54, 1.807) is 34.9 Å². The molecule has 2 N–H and O–H groups in total. The molecule has 0 saturated carbocycles. The standard InChI is InChI=1S/C30H34N4O6/c1-3-37-30(36)34-15-13-33(14-16-34)29(35)24-17-27(39-25-9-5-22(20-31)6-10-25)19-28(18-24)40-26-11-7-23(8-12-26)21-32-38-4-2/h5-12,17-19,26H,3-4,13-16,20,31H2,1-2H3. The van der Waals surface area contributed by atoms with E-state index in [0.29, 0.717) is 68.7 Å². The summed E-state index contributed by atoms with van der Waals surface area (Å²) in [4.78, 5) is 33.8. The number of nitrogens with zero attached hydrogens (tertiary/aromatic N) is 3. The molecule has 2 amide bonds. The van der Waals surface area contributed by atoms with Crippen LogP contribution in [0, 0.1) is 0 Å². The number of rotatable bonds is 9. The van der Waals surface area contributed by atoms with Crippen LogP contribution in [0.2, 0.25) is 0 Å². The van der Waals surface area contributed by atoms with Crippen LogP contribution in [-0.4, -0.2) is 73.2 Å². The highest BCUT2D eigenvalue weighted by Gasteiger charge is 2.26. The third-order valence-corrected chi connectivity index (χ3v) is 6.19. The maximum Gasteiger partial charge on any atom is 0.409 e. The Kier molecular flexibility index (Phi) is 9.99. The van der Waals surface area contributed by atoms with Crippen LogP contribution in [0.15, 0.2) is 77.5 Å². The van der Waals surface area contributed by atoms with Crippen molar-refractivity contribution in [3.05, 3.63) is 83.5 Å². The van der Waals surface area contributed by atoms with E-state index >= 15 is 0 Å². The number of carbonyl (C=O) groups is 2. The van der Waals surface area contributed by atoms with Crippen LogP contribution >= 0.6 is 0 Å². The van der Waals surface area contributed by atoms with Gasteiger partial charge in [-0.3, -0.25) is 4.79 Å². The van der Waals surface area contributed by atoms with Crippen molar-refractivity contribution < 1.29 is 28.6 Å². The molecule has 0 atom stereocenters. The van der Waals surface area contributed by atoms with Crippen molar-refractivity contribution in [1.29, 1.82) is 0 Å². The van der Waals surface area contributed by atoms with E-state index in [9.17, 15) is 9.59 Å². The average Bonchev–Trinajstić information content (AvgIpc) is 2.98. The van der Waals surface area contributed by atoms with Crippen molar-refractivity contribution in [2.24, 2.45) is 10.9 Å². The Bertz CT molecular complexity index is 1290. The second-order valence-corrected chi connectivity index (χ2v) is 9.00. The number of hydrogen-bond acceptors (Lipinski definition) is 8. The quantitative estimate of drug-likeness (QED) is 0.369. The fourth-order valence-corrected chi connectivity index (χ4v) is 4.12. The summed E-state index contributed by atoms with van der Waals surface area (Å²) in [7, 11) is 0. The minimum Gasteiger partial charge on any atom is -0.482 e. The molecule has 0 radical (unpaired) electrons. The van der Waals surface area contributed by atoms with E-state index in [1.807, 2.05) is 55.5 Å². The number of amides is 2. The first-order chi connectivity index (χ1) is 19.5. The summed E-state index contributed by atoms with van der Waals surface area (Å²) in [6, 6.07) is 12.6. The molecule has 0 unspecified atom stereocenters. The molecule has 4 rings (SSSR count). The lowest BCUT2D eigenvalue weighted by atomic mass is 10.1. The van der Waals surface area contributed by atoms with Gasteiger partial charge in [-0.2, -0.15) is 0 Å². The summed E-state index contributed by atoms with van der Waals surface area (Å²) in [6.07, 6.45) is 6.66. The summed E-state index contributed by atoms with van der Waals surface area (Å²) >= 11 is 0. The highest BCUT2D eigenvalue weighted by Crippen LogP contribution is 2.30. The van der Waals surface area contributed by atoms with Crippen LogP contribution in [-0.2, 0) is 16.1 Å². The maximum absolute atomic E-state index is 13.5. The van der Waals surface area contributed by atoms with Gasteiger partial charge in [-0.15, -0.1) is 0 Å². The lowest BCUT2D eigenvalue weighted by Gasteiger charge is -2.34. The molecule has 1 aliphatic heterocycles. The number of carbonyl (C=O) groups excluding carboxylic acids is 2. The molecule has 0 bridgehead atoms. The van der Waals surface area contributed by atoms with Gasteiger partial charge < -0.3 is 34.6 Å². The molecule has 2 aromatic rings. The number of piperazine rings is 1. The van der Waals surface area contributed by atoms with Crippen LogP contribution in [0.4, 0.5) is 4.79 Å². The minimum atomic E-state index is -0.368. The van der Waals surface area contributed by atoms with E-state index in [4.69, 9.17) is 24.8 Å². The van der Waals surface area contributed by atoms with Gasteiger partial charge in [0.1, 0.15) is 30.0 Å². The first-order valence-corrected chi connectivity index (χ1v) is 13.3. The smallest absolute Gasteiger partial charge is 0.409 e. The number of hydrogen-bond donors (Lipinski definition) is 1. The Morgan fingerprint density at radius 3 is 2.25 bits per heavy atom. The van der Waals surface area contributed by atoms with Crippen LogP contribution < -0.4 is 15.2 Å². The lowest BCUT2D eigenvalue weighted by Crippen LogP contribution is -2.50. The van der Waals surface area contributed by atoms with Gasteiger partial charge in [0.25, 0.3) is 5.91 Å². The average molecular weight is 547 g/mol. The van der Waals surface area contributed by atoms with Crippen molar-refractivity contribution in [3.63, 3.8) is 0 Å². The van der Waals surface area contributed by atoms with Gasteiger partial charge in [-0.25, -0.2) is 4.79 Å². The molecule has 0 aromatic heterocycles. The van der Waals surface area contributed by atoms with Gasteiger partial charge in [-0.1, -0.05) is 12.1 Å². The number of allylic oxidation sites excluding steroid dienone is 3. The largest absolute Gasteiger partial charge is 0.482 e. The summed E-state index contributed by atoms with van der Waals surface area (Å²) < 4.78 is 17.4. The van der Waals surface area contributed by atoms with E-state index in [0.717, 1.165) is 11.1 Å². The zero-order chi connectivity index (χ0) is 28.3. The normalized spacial score (nSPS) is 16.3. The monoisotopic (exact) mass is 546 g/mol. The second kappa shape index (κ2) is 14.0. The summed E-state index contributed by atoms with van der Waals surface area (Å²) in [5.41, 5.74) is 7.87. The lowest BCUT2D eigenvalue weighted by molar-refractivity contribution is 0.0570. The van der Waals surface area contributed by atoms with Crippen LogP contribution in [0.25, 0.3) is 0 Å². The SMILES string of the molecule is CCON=C=C1C=CC(Oc2cc(Oc3ccc(CN)cc3)cc(C(=O)N3CCN(C(=O)OCC)CC3)c2)C=C1. The number of ether oxygens (including phenoxy) is 3. The van der Waals surface area contributed by atoms with E-state index < -0.39 is 0 Å². The van der Waals surface area contributed by atoms with Crippen LogP contribution in [0.1, 0.15) is 29.8 Å². The molecule has 10 heteroatoms. The van der Waals surface area contributed by atoms with Gasteiger partial charge in [-0.05, 0) is 73.1 Å². The molecule has 2 aliphatic rings. The highest BCUT2D eigenvalue weighted by atomic mass is 16.6. The number of nitrogens with two attached hydrogens (primary N) is 1. The predicted molar refractivity (Wildman–Crippen MR) is 151 cm³/mol. The molecule has 0 spiro atoms. The Morgan fingerprint density at radius 2 is 1.60 bits per heavy atom. The fraction of sp³-hybridized carbons (Fsp3) is 0.333. The molecule has 10 nitrogen and oxygen atoms in total. The van der Waals surface area contributed by atoms with Gasteiger partial charge >= 0.3 is 6.09 Å². The topological polar surface area (TPSA) is 116 Å². The van der Waals surface area contributed by atoms with Crippen LogP contribution in [0.5, 0.6) is 17.2 Å². The summed E-state index contributed by atoms with van der Waals surface area (Å²) in [5, 5.41) is 3.76. The molecule has 1 heterocycles. The fourth-order valence-electron chi connectivity index (χ4n) is 4.12. The van der Waals surface area contributed by atoms with Crippen molar-refractivity contribution in [2.75, 3.05) is 39.4 Å². The zero-order valence-electron chi connectivity index (χ0n) is 22.7. The third kappa shape index (κ3) is 7.75. The van der Waals surface area contributed by atoms with E-state index in [-0.39, 0.29) is 18.1 Å². The molecule has 1 fully saturated rings. The van der Waals surface area contributed by atoms with Crippen molar-refractivity contribution in [1.82, 2.24) is 9.80 Å². The molecule has 1 aliphatic carbocycles. The van der Waals surface area contributed by atoms with Crippen molar-refractivity contribution in [2.45, 2.75) is 26.5 Å². The van der Waals surface area contributed by atoms with E-state index in [1.165, 1.54) is 0 Å². The van der Waals surface area contributed by atoms with Gasteiger partial charge in [0.2, 0.25) is 0 Å². The van der Waals surface area contributed by atoms with Gasteiger partial charge in [0.15, 0.2) is 0 Å². The van der Waals surface area contributed by atoms with Crippen molar-refractivity contribution >= 4 is 17.9 Å². The highest BCUT2D eigenvalue weighted by molar-refractivity contribution is 5.95. The number of benzene rings is 2. The third-order valence-electron chi connectivity index (χ3n) is 6.19. The Labute approximate surface area is 233 Å². The first-order valence-electron chi connectivity index (χ1n) is 13.3. The molecule has 1 saturated heterocycles. The maximum atomic E-state index is 13.5. The molecule has 210 valence electrons. The first kappa shape index (κ1) is 28.5. The minimum absolute atomic E-state index is 0.177. The Hall–Kier alpha value is -4.53. The van der Waals surface area contributed by atoms with Crippen LogP contribution in [0.3, 0.4) is 0 Å². The zero-order valence-corrected chi connectivity index (χ0v) is 22.7. The summed E-state index contributed by atoms with van der Waals surface area (Å²) in [5.74, 6) is 4.17. The van der Waals surface area contributed by atoms with E-state index in [2.05, 4.69) is 11.0 Å². The molecule has 2 aromatic carbocycles. The molecular weight excluding hydrogens is 512 g/mol. The van der Waals surface area contributed by atoms with Gasteiger partial charge in [0.05, 0.1) is 6.61 Å². The molecular formula is C30H34N4O6. The Morgan fingerprint density at radius 1 is 0.925 bits per heavy atom. The predicted octanol–water partition coefficient (Wildman–Crippen LogP) is 4.27.